The number of carbonyl (C=O) groups is 1. The van der Waals surface area contributed by atoms with E-state index >= 15 is 0 Å². The molecule has 2 aromatic rings. The number of thiophene rings is 1. The van der Waals surface area contributed by atoms with Crippen molar-refractivity contribution in [3.8, 4) is 0 Å². The average molecular weight is 407 g/mol. The first-order valence-corrected chi connectivity index (χ1v) is 11.7. The van der Waals surface area contributed by atoms with Crippen LogP contribution in [0.5, 0.6) is 0 Å². The number of amides is 1. The molecule has 1 saturated heterocycles. The summed E-state index contributed by atoms with van der Waals surface area (Å²) < 4.78 is 27.4. The number of hydrogen-bond donors (Lipinski definition) is 1. The Kier molecular flexibility index (Phi) is 6.34. The van der Waals surface area contributed by atoms with Crippen LogP contribution in [0.25, 0.3) is 0 Å². The van der Waals surface area contributed by atoms with Crippen molar-refractivity contribution in [1.29, 1.82) is 0 Å². The highest BCUT2D eigenvalue weighted by atomic mass is 32.2. The minimum atomic E-state index is -3.51. The van der Waals surface area contributed by atoms with Crippen molar-refractivity contribution in [2.75, 3.05) is 18.4 Å². The quantitative estimate of drug-likeness (QED) is 0.791. The molecule has 1 aliphatic rings. The van der Waals surface area contributed by atoms with Crippen molar-refractivity contribution < 1.29 is 13.2 Å². The fraction of sp³-hybridized carbons (Fsp3) is 0.450. The van der Waals surface area contributed by atoms with Gasteiger partial charge in [-0.3, -0.25) is 4.79 Å². The Hall–Kier alpha value is -1.70. The molecule has 0 spiro atoms. The van der Waals surface area contributed by atoms with Gasteiger partial charge in [0.05, 0.1) is 5.92 Å². The summed E-state index contributed by atoms with van der Waals surface area (Å²) in [6.07, 6.45) is 3.08. The molecule has 5 nitrogen and oxygen atoms in total. The van der Waals surface area contributed by atoms with Crippen LogP contribution in [0.15, 0.2) is 39.9 Å². The topological polar surface area (TPSA) is 66.5 Å². The van der Waals surface area contributed by atoms with Gasteiger partial charge in [0, 0.05) is 18.8 Å². The van der Waals surface area contributed by atoms with Gasteiger partial charge in [0.1, 0.15) is 4.21 Å². The lowest BCUT2D eigenvalue weighted by Crippen LogP contribution is -2.43. The molecule has 0 unspecified atom stereocenters. The Bertz CT molecular complexity index is 870. The van der Waals surface area contributed by atoms with Crippen LogP contribution < -0.4 is 5.32 Å². The number of anilines is 1. The lowest BCUT2D eigenvalue weighted by molar-refractivity contribution is -0.120. The smallest absolute Gasteiger partial charge is 0.252 e. The molecule has 1 atom stereocenters. The second-order valence-electron chi connectivity index (χ2n) is 6.78. The summed E-state index contributed by atoms with van der Waals surface area (Å²) >= 11 is 1.22. The van der Waals surface area contributed by atoms with E-state index in [-0.39, 0.29) is 18.4 Å². The maximum atomic E-state index is 12.9. The van der Waals surface area contributed by atoms with Crippen molar-refractivity contribution >= 4 is 33.0 Å². The molecule has 0 aliphatic carbocycles. The molecule has 1 N–H and O–H groups in total. The van der Waals surface area contributed by atoms with Crippen molar-refractivity contribution in [3.63, 3.8) is 0 Å². The lowest BCUT2D eigenvalue weighted by atomic mass is 9.97. The van der Waals surface area contributed by atoms with Gasteiger partial charge in [-0.25, -0.2) is 8.42 Å². The summed E-state index contributed by atoms with van der Waals surface area (Å²) in [6, 6.07) is 9.43. The summed E-state index contributed by atoms with van der Waals surface area (Å²) in [6.45, 7) is 4.85. The summed E-state index contributed by atoms with van der Waals surface area (Å²) in [5.74, 6) is -0.417. The number of para-hydroxylation sites is 1. The van der Waals surface area contributed by atoms with Crippen molar-refractivity contribution in [1.82, 2.24) is 4.31 Å². The monoisotopic (exact) mass is 406 g/mol. The molecule has 0 bridgehead atoms. The third kappa shape index (κ3) is 4.25. The van der Waals surface area contributed by atoms with Gasteiger partial charge in [0.2, 0.25) is 5.91 Å². The Labute approximate surface area is 165 Å². The molecule has 1 aromatic carbocycles. The molecule has 7 heteroatoms. The number of sulfonamides is 1. The summed E-state index contributed by atoms with van der Waals surface area (Å²) in [4.78, 5) is 12.9. The molecule has 2 heterocycles. The van der Waals surface area contributed by atoms with Gasteiger partial charge in [-0.1, -0.05) is 38.1 Å². The molecule has 1 amide bonds. The van der Waals surface area contributed by atoms with Crippen molar-refractivity contribution in [2.24, 2.45) is 5.92 Å². The second kappa shape index (κ2) is 8.54. The fourth-order valence-electron chi connectivity index (χ4n) is 3.54. The van der Waals surface area contributed by atoms with Crippen LogP contribution in [0.1, 0.15) is 37.8 Å². The summed E-state index contributed by atoms with van der Waals surface area (Å²) in [5, 5.41) is 4.86. The zero-order valence-corrected chi connectivity index (χ0v) is 17.4. The van der Waals surface area contributed by atoms with E-state index in [0.29, 0.717) is 23.6 Å². The number of piperidine rings is 1. The SMILES string of the molecule is CCc1cccc(CC)c1NC(=O)[C@@H]1CCCN(S(=O)(=O)c2cccs2)C1. The zero-order valence-electron chi connectivity index (χ0n) is 15.8. The van der Waals surface area contributed by atoms with Gasteiger partial charge >= 0.3 is 0 Å². The van der Waals surface area contributed by atoms with E-state index in [0.717, 1.165) is 29.7 Å². The molecular formula is C20H26N2O3S2. The van der Waals surface area contributed by atoms with E-state index in [1.165, 1.54) is 15.6 Å². The van der Waals surface area contributed by atoms with Gasteiger partial charge in [-0.05, 0) is 48.3 Å². The lowest BCUT2D eigenvalue weighted by Gasteiger charge is -2.31. The van der Waals surface area contributed by atoms with Crippen LogP contribution in [0.2, 0.25) is 0 Å². The number of benzene rings is 1. The molecular weight excluding hydrogens is 380 g/mol. The molecule has 3 rings (SSSR count). The standard InChI is InChI=1S/C20H26N2O3S2/c1-3-15-8-5-9-16(4-2)19(15)21-20(23)17-10-6-12-22(14-17)27(24,25)18-11-7-13-26-18/h5,7-9,11,13,17H,3-4,6,10,12,14H2,1-2H3,(H,21,23)/t17-/m1/s1. The van der Waals surface area contributed by atoms with Crippen LogP contribution >= 0.6 is 11.3 Å². The van der Waals surface area contributed by atoms with Gasteiger partial charge in [-0.15, -0.1) is 11.3 Å². The highest BCUT2D eigenvalue weighted by Crippen LogP contribution is 2.28. The van der Waals surface area contributed by atoms with E-state index in [4.69, 9.17) is 0 Å². The molecule has 1 fully saturated rings. The molecule has 1 aliphatic heterocycles. The number of hydrogen-bond acceptors (Lipinski definition) is 4. The maximum Gasteiger partial charge on any atom is 0.252 e. The molecule has 27 heavy (non-hydrogen) atoms. The van der Waals surface area contributed by atoms with E-state index in [1.54, 1.807) is 17.5 Å². The number of carbonyl (C=O) groups excluding carboxylic acids is 1. The minimum Gasteiger partial charge on any atom is -0.325 e. The third-order valence-corrected chi connectivity index (χ3v) is 8.33. The first-order chi connectivity index (χ1) is 13.0. The normalized spacial score (nSPS) is 18.4. The predicted octanol–water partition coefficient (Wildman–Crippen LogP) is 3.91. The maximum absolute atomic E-state index is 12.9. The first kappa shape index (κ1) is 20.0. The number of nitrogens with zero attached hydrogens (tertiary/aromatic N) is 1. The Morgan fingerprint density at radius 3 is 2.48 bits per heavy atom. The number of aryl methyl sites for hydroxylation is 2. The van der Waals surface area contributed by atoms with Crippen molar-refractivity contribution in [3.05, 3.63) is 46.8 Å². The van der Waals surface area contributed by atoms with Gasteiger partial charge in [0.15, 0.2) is 0 Å². The van der Waals surface area contributed by atoms with Gasteiger partial charge in [-0.2, -0.15) is 4.31 Å². The van der Waals surface area contributed by atoms with E-state index in [2.05, 4.69) is 19.2 Å². The van der Waals surface area contributed by atoms with E-state index < -0.39 is 10.0 Å². The molecule has 0 saturated carbocycles. The molecule has 146 valence electrons. The van der Waals surface area contributed by atoms with Gasteiger partial charge in [0.25, 0.3) is 10.0 Å². The predicted molar refractivity (Wildman–Crippen MR) is 110 cm³/mol. The van der Waals surface area contributed by atoms with Gasteiger partial charge < -0.3 is 5.32 Å². The van der Waals surface area contributed by atoms with Crippen molar-refractivity contribution in [2.45, 2.75) is 43.7 Å². The molecule has 0 radical (unpaired) electrons. The molecule has 1 aromatic heterocycles. The Balaban J connectivity index is 1.77. The van der Waals surface area contributed by atoms with Crippen LogP contribution in [-0.4, -0.2) is 31.7 Å². The highest BCUT2D eigenvalue weighted by molar-refractivity contribution is 7.91. The van der Waals surface area contributed by atoms with Crippen LogP contribution in [0, 0.1) is 5.92 Å². The van der Waals surface area contributed by atoms with Crippen LogP contribution in [0.3, 0.4) is 0 Å². The number of rotatable bonds is 6. The average Bonchev–Trinajstić information content (AvgIpc) is 3.24. The highest BCUT2D eigenvalue weighted by Gasteiger charge is 2.34. The first-order valence-electron chi connectivity index (χ1n) is 9.42. The van der Waals surface area contributed by atoms with Crippen LogP contribution in [-0.2, 0) is 27.7 Å². The zero-order chi connectivity index (χ0) is 19.4. The Morgan fingerprint density at radius 2 is 1.89 bits per heavy atom. The fourth-order valence-corrected chi connectivity index (χ4v) is 6.21. The summed E-state index contributed by atoms with van der Waals surface area (Å²) in [5.41, 5.74) is 3.12. The van der Waals surface area contributed by atoms with E-state index in [9.17, 15) is 13.2 Å². The van der Waals surface area contributed by atoms with E-state index in [1.807, 2.05) is 18.2 Å². The Morgan fingerprint density at radius 1 is 1.19 bits per heavy atom. The largest absolute Gasteiger partial charge is 0.325 e. The third-order valence-electron chi connectivity index (χ3n) is 5.09. The van der Waals surface area contributed by atoms with Crippen LogP contribution in [0.4, 0.5) is 5.69 Å². The number of nitrogens with one attached hydrogen (secondary N) is 1. The second-order valence-corrected chi connectivity index (χ2v) is 9.89. The minimum absolute atomic E-state index is 0.0864. The summed E-state index contributed by atoms with van der Waals surface area (Å²) in [7, 11) is -3.51.